The molecular formula is C19H20N2O. The molecule has 1 atom stereocenters. The SMILES string of the molecule is O=C(Nc1ccccc1)C1CCCCC1=Nc1ccccc1. The Morgan fingerprint density at radius 2 is 1.64 bits per heavy atom. The second kappa shape index (κ2) is 7.03. The predicted molar refractivity (Wildman–Crippen MR) is 90.6 cm³/mol. The molecule has 1 unspecified atom stereocenters. The van der Waals surface area contributed by atoms with E-state index in [2.05, 4.69) is 5.32 Å². The molecule has 0 aliphatic heterocycles. The molecule has 0 aromatic heterocycles. The van der Waals surface area contributed by atoms with E-state index in [9.17, 15) is 4.79 Å². The van der Waals surface area contributed by atoms with Crippen molar-refractivity contribution in [1.82, 2.24) is 0 Å². The van der Waals surface area contributed by atoms with Gasteiger partial charge in [-0.1, -0.05) is 42.8 Å². The Kier molecular flexibility index (Phi) is 4.64. The maximum atomic E-state index is 12.6. The number of benzene rings is 2. The number of hydrogen-bond acceptors (Lipinski definition) is 2. The Hall–Kier alpha value is -2.42. The molecule has 0 heterocycles. The second-order valence-corrected chi connectivity index (χ2v) is 5.59. The van der Waals surface area contributed by atoms with Gasteiger partial charge in [0.05, 0.1) is 11.6 Å². The predicted octanol–water partition coefficient (Wildman–Crippen LogP) is 4.59. The number of anilines is 1. The summed E-state index contributed by atoms with van der Waals surface area (Å²) in [4.78, 5) is 17.3. The Morgan fingerprint density at radius 1 is 0.955 bits per heavy atom. The van der Waals surface area contributed by atoms with E-state index in [0.29, 0.717) is 0 Å². The summed E-state index contributed by atoms with van der Waals surface area (Å²) >= 11 is 0. The second-order valence-electron chi connectivity index (χ2n) is 5.59. The molecule has 1 aliphatic rings. The number of nitrogens with zero attached hydrogens (tertiary/aromatic N) is 1. The molecule has 3 heteroatoms. The zero-order valence-electron chi connectivity index (χ0n) is 12.5. The van der Waals surface area contributed by atoms with Gasteiger partial charge < -0.3 is 5.32 Å². The smallest absolute Gasteiger partial charge is 0.233 e. The first-order chi connectivity index (χ1) is 10.8. The highest BCUT2D eigenvalue weighted by atomic mass is 16.1. The topological polar surface area (TPSA) is 41.5 Å². The average molecular weight is 292 g/mol. The number of carbonyl (C=O) groups excluding carboxylic acids is 1. The van der Waals surface area contributed by atoms with Gasteiger partial charge in [-0.2, -0.15) is 0 Å². The first-order valence-electron chi connectivity index (χ1n) is 7.81. The Bertz CT molecular complexity index is 650. The number of nitrogens with one attached hydrogen (secondary N) is 1. The highest BCUT2D eigenvalue weighted by molar-refractivity contribution is 6.10. The van der Waals surface area contributed by atoms with E-state index in [0.717, 1.165) is 42.8 Å². The molecule has 2 aromatic rings. The van der Waals surface area contributed by atoms with Crippen LogP contribution in [0.15, 0.2) is 65.7 Å². The van der Waals surface area contributed by atoms with E-state index in [-0.39, 0.29) is 11.8 Å². The third-order valence-electron chi connectivity index (χ3n) is 3.96. The van der Waals surface area contributed by atoms with E-state index in [1.54, 1.807) is 0 Å². The normalized spacial score (nSPS) is 19.8. The number of rotatable bonds is 3. The lowest BCUT2D eigenvalue weighted by molar-refractivity contribution is -0.118. The average Bonchev–Trinajstić information content (AvgIpc) is 2.57. The number of para-hydroxylation sites is 2. The Morgan fingerprint density at radius 3 is 2.36 bits per heavy atom. The monoisotopic (exact) mass is 292 g/mol. The van der Waals surface area contributed by atoms with Crippen molar-refractivity contribution in [3.63, 3.8) is 0 Å². The van der Waals surface area contributed by atoms with E-state index in [1.165, 1.54) is 0 Å². The van der Waals surface area contributed by atoms with Gasteiger partial charge in [0.25, 0.3) is 0 Å². The Labute approximate surface area is 131 Å². The van der Waals surface area contributed by atoms with Crippen LogP contribution in [0.2, 0.25) is 0 Å². The van der Waals surface area contributed by atoms with Crippen LogP contribution in [-0.2, 0) is 4.79 Å². The van der Waals surface area contributed by atoms with Gasteiger partial charge in [-0.25, -0.2) is 0 Å². The van der Waals surface area contributed by atoms with Crippen LogP contribution in [0, 0.1) is 5.92 Å². The van der Waals surface area contributed by atoms with Crippen molar-refractivity contribution in [2.75, 3.05) is 5.32 Å². The largest absolute Gasteiger partial charge is 0.326 e. The summed E-state index contributed by atoms with van der Waals surface area (Å²) in [6.07, 6.45) is 3.98. The maximum absolute atomic E-state index is 12.6. The lowest BCUT2D eigenvalue weighted by Crippen LogP contribution is -2.32. The third kappa shape index (κ3) is 3.61. The van der Waals surface area contributed by atoms with Gasteiger partial charge in [0.1, 0.15) is 0 Å². The van der Waals surface area contributed by atoms with Gasteiger partial charge in [0, 0.05) is 11.4 Å². The van der Waals surface area contributed by atoms with Crippen LogP contribution in [0.4, 0.5) is 11.4 Å². The first kappa shape index (κ1) is 14.5. The van der Waals surface area contributed by atoms with E-state index in [1.807, 2.05) is 60.7 Å². The molecule has 112 valence electrons. The molecule has 1 amide bonds. The summed E-state index contributed by atoms with van der Waals surface area (Å²) in [5.74, 6) is -0.0604. The summed E-state index contributed by atoms with van der Waals surface area (Å²) in [6, 6.07) is 19.5. The van der Waals surface area contributed by atoms with Crippen molar-refractivity contribution in [3.8, 4) is 0 Å². The molecule has 3 rings (SSSR count). The van der Waals surface area contributed by atoms with Crippen molar-refractivity contribution < 1.29 is 4.79 Å². The zero-order chi connectivity index (χ0) is 15.2. The minimum absolute atomic E-state index is 0.0561. The van der Waals surface area contributed by atoms with E-state index in [4.69, 9.17) is 4.99 Å². The number of aliphatic imine (C=N–C) groups is 1. The lowest BCUT2D eigenvalue weighted by Gasteiger charge is -2.23. The molecule has 22 heavy (non-hydrogen) atoms. The highest BCUT2D eigenvalue weighted by Gasteiger charge is 2.27. The van der Waals surface area contributed by atoms with Crippen molar-refractivity contribution in [2.45, 2.75) is 25.7 Å². The molecule has 1 aliphatic carbocycles. The van der Waals surface area contributed by atoms with Gasteiger partial charge >= 0.3 is 0 Å². The summed E-state index contributed by atoms with van der Waals surface area (Å²) in [6.45, 7) is 0. The molecule has 0 spiro atoms. The molecular weight excluding hydrogens is 272 g/mol. The zero-order valence-corrected chi connectivity index (χ0v) is 12.5. The van der Waals surface area contributed by atoms with Crippen LogP contribution in [0.1, 0.15) is 25.7 Å². The molecule has 3 nitrogen and oxygen atoms in total. The quantitative estimate of drug-likeness (QED) is 0.883. The van der Waals surface area contributed by atoms with Gasteiger partial charge in [-0.05, 0) is 43.5 Å². The molecule has 0 bridgehead atoms. The minimum Gasteiger partial charge on any atom is -0.326 e. The highest BCUT2D eigenvalue weighted by Crippen LogP contribution is 2.26. The van der Waals surface area contributed by atoms with Crippen molar-refractivity contribution in [3.05, 3.63) is 60.7 Å². The fourth-order valence-electron chi connectivity index (χ4n) is 2.83. The van der Waals surface area contributed by atoms with Crippen LogP contribution in [-0.4, -0.2) is 11.6 Å². The first-order valence-corrected chi connectivity index (χ1v) is 7.81. The van der Waals surface area contributed by atoms with Gasteiger partial charge in [-0.15, -0.1) is 0 Å². The number of carbonyl (C=O) groups is 1. The van der Waals surface area contributed by atoms with Crippen LogP contribution in [0.25, 0.3) is 0 Å². The molecule has 1 saturated carbocycles. The summed E-state index contributed by atoms with van der Waals surface area (Å²) < 4.78 is 0. The molecule has 2 aromatic carbocycles. The minimum atomic E-state index is -0.117. The van der Waals surface area contributed by atoms with Gasteiger partial charge in [-0.3, -0.25) is 9.79 Å². The number of amides is 1. The van der Waals surface area contributed by atoms with Gasteiger partial charge in [0.15, 0.2) is 0 Å². The summed E-state index contributed by atoms with van der Waals surface area (Å²) in [5.41, 5.74) is 2.78. The fraction of sp³-hybridized carbons (Fsp3) is 0.263. The third-order valence-corrected chi connectivity index (χ3v) is 3.96. The lowest BCUT2D eigenvalue weighted by atomic mass is 9.86. The summed E-state index contributed by atoms with van der Waals surface area (Å²) in [7, 11) is 0. The van der Waals surface area contributed by atoms with Crippen LogP contribution in [0.3, 0.4) is 0 Å². The molecule has 1 fully saturated rings. The number of hydrogen-bond donors (Lipinski definition) is 1. The van der Waals surface area contributed by atoms with Crippen molar-refractivity contribution in [2.24, 2.45) is 10.9 Å². The Balaban J connectivity index is 1.78. The maximum Gasteiger partial charge on any atom is 0.233 e. The molecule has 1 N–H and O–H groups in total. The standard InChI is InChI=1S/C19H20N2O/c22-19(21-16-11-5-2-6-12-16)17-13-7-8-14-18(17)20-15-9-3-1-4-10-15/h1-6,9-12,17H,7-8,13-14H2,(H,21,22). The van der Waals surface area contributed by atoms with Crippen molar-refractivity contribution >= 4 is 23.0 Å². The van der Waals surface area contributed by atoms with Crippen LogP contribution < -0.4 is 5.32 Å². The van der Waals surface area contributed by atoms with Crippen molar-refractivity contribution in [1.29, 1.82) is 0 Å². The van der Waals surface area contributed by atoms with E-state index >= 15 is 0 Å². The fourth-order valence-corrected chi connectivity index (χ4v) is 2.83. The molecule has 0 saturated heterocycles. The van der Waals surface area contributed by atoms with Crippen LogP contribution >= 0.6 is 0 Å². The van der Waals surface area contributed by atoms with E-state index < -0.39 is 0 Å². The molecule has 0 radical (unpaired) electrons. The van der Waals surface area contributed by atoms with Crippen LogP contribution in [0.5, 0.6) is 0 Å². The summed E-state index contributed by atoms with van der Waals surface area (Å²) in [5, 5.41) is 3.01. The van der Waals surface area contributed by atoms with Gasteiger partial charge in [0.2, 0.25) is 5.91 Å².